The molecule has 132 valence electrons. The molecular weight excluding hydrogens is 364 g/mol. The van der Waals surface area contributed by atoms with E-state index in [1.54, 1.807) is 22.7 Å². The van der Waals surface area contributed by atoms with E-state index in [0.29, 0.717) is 0 Å². The van der Waals surface area contributed by atoms with E-state index in [9.17, 15) is 4.79 Å². The molecule has 0 atom stereocenters. The lowest BCUT2D eigenvalue weighted by molar-refractivity contribution is -0.118. The summed E-state index contributed by atoms with van der Waals surface area (Å²) in [7, 11) is 0. The number of aryl methyl sites for hydroxylation is 2. The Morgan fingerprint density at radius 2 is 2.08 bits per heavy atom. The fourth-order valence-electron chi connectivity index (χ4n) is 2.92. The average molecular weight is 383 g/mol. The normalized spacial score (nSPS) is 11.2. The van der Waals surface area contributed by atoms with E-state index in [1.165, 1.54) is 0 Å². The number of hydrogen-bond acceptors (Lipinski definition) is 5. The first-order chi connectivity index (χ1) is 12.5. The van der Waals surface area contributed by atoms with Gasteiger partial charge in [0.05, 0.1) is 19.9 Å². The molecule has 2 aromatic heterocycles. The van der Waals surface area contributed by atoms with E-state index in [-0.39, 0.29) is 12.5 Å². The molecule has 0 radical (unpaired) electrons. The van der Waals surface area contributed by atoms with E-state index in [1.807, 2.05) is 56.5 Å². The van der Waals surface area contributed by atoms with Gasteiger partial charge >= 0.3 is 0 Å². The maximum atomic E-state index is 12.3. The first kappa shape index (κ1) is 17.0. The number of amides is 1. The van der Waals surface area contributed by atoms with Crippen LogP contribution < -0.4 is 10.1 Å². The molecule has 1 N–H and O–H groups in total. The summed E-state index contributed by atoms with van der Waals surface area (Å²) in [5.74, 6) is 0.566. The number of thiophene rings is 1. The zero-order chi connectivity index (χ0) is 18.3. The molecule has 26 heavy (non-hydrogen) atoms. The van der Waals surface area contributed by atoms with Crippen LogP contribution >= 0.6 is 22.7 Å². The van der Waals surface area contributed by atoms with Crippen molar-refractivity contribution in [1.29, 1.82) is 0 Å². The summed E-state index contributed by atoms with van der Waals surface area (Å²) in [6, 6.07) is 9.88. The molecule has 0 fully saturated rings. The number of benzene rings is 2. The molecule has 0 spiro atoms. The zero-order valence-corrected chi connectivity index (χ0v) is 16.4. The van der Waals surface area contributed by atoms with Crippen LogP contribution in [0.15, 0.2) is 35.7 Å². The van der Waals surface area contributed by atoms with Crippen LogP contribution in [0.1, 0.15) is 16.1 Å². The van der Waals surface area contributed by atoms with Crippen molar-refractivity contribution in [3.8, 4) is 5.75 Å². The number of anilines is 1. The second kappa shape index (κ2) is 6.70. The summed E-state index contributed by atoms with van der Waals surface area (Å²) < 4.78 is 8.07. The van der Waals surface area contributed by atoms with E-state index in [2.05, 4.69) is 10.3 Å². The highest BCUT2D eigenvalue weighted by molar-refractivity contribution is 7.21. The third kappa shape index (κ3) is 3.06. The molecule has 0 aliphatic rings. The van der Waals surface area contributed by atoms with Gasteiger partial charge in [0, 0.05) is 17.1 Å². The Morgan fingerprint density at radius 1 is 1.23 bits per heavy atom. The van der Waals surface area contributed by atoms with Gasteiger partial charge in [0.2, 0.25) is 0 Å². The summed E-state index contributed by atoms with van der Waals surface area (Å²) in [5, 5.41) is 7.00. The van der Waals surface area contributed by atoms with Gasteiger partial charge in [-0.3, -0.25) is 4.79 Å². The van der Waals surface area contributed by atoms with Gasteiger partial charge in [-0.25, -0.2) is 4.98 Å². The van der Waals surface area contributed by atoms with Gasteiger partial charge in [-0.1, -0.05) is 12.1 Å². The van der Waals surface area contributed by atoms with Crippen LogP contribution in [0.5, 0.6) is 5.75 Å². The van der Waals surface area contributed by atoms with Crippen LogP contribution in [0, 0.1) is 20.8 Å². The third-order valence-electron chi connectivity index (χ3n) is 4.41. The third-order valence-corrected chi connectivity index (χ3v) is 6.24. The van der Waals surface area contributed by atoms with Crippen LogP contribution in [0.4, 0.5) is 5.69 Å². The maximum absolute atomic E-state index is 12.3. The van der Waals surface area contributed by atoms with E-state index in [0.717, 1.165) is 47.9 Å². The Balaban J connectivity index is 1.56. The fourth-order valence-corrected chi connectivity index (χ4v) is 4.76. The van der Waals surface area contributed by atoms with E-state index >= 15 is 0 Å². The van der Waals surface area contributed by atoms with E-state index in [4.69, 9.17) is 4.74 Å². The summed E-state index contributed by atoms with van der Waals surface area (Å²) in [6.45, 7) is 6.01. The molecular formula is C20H18N2O2S2. The quantitative estimate of drug-likeness (QED) is 0.510. The highest BCUT2D eigenvalue weighted by atomic mass is 32.1. The topological polar surface area (TPSA) is 51.2 Å². The van der Waals surface area contributed by atoms with Crippen molar-refractivity contribution in [1.82, 2.24) is 4.98 Å². The number of rotatable bonds is 4. The molecule has 2 heterocycles. The molecule has 0 saturated heterocycles. The summed E-state index contributed by atoms with van der Waals surface area (Å²) in [6.07, 6.45) is 0. The first-order valence-corrected chi connectivity index (χ1v) is 9.99. The Morgan fingerprint density at radius 3 is 2.92 bits per heavy atom. The number of carbonyl (C=O) groups is 1. The van der Waals surface area contributed by atoms with Gasteiger partial charge < -0.3 is 10.1 Å². The lowest BCUT2D eigenvalue weighted by Crippen LogP contribution is -2.20. The molecule has 0 unspecified atom stereocenters. The smallest absolute Gasteiger partial charge is 0.262 e. The van der Waals surface area contributed by atoms with Gasteiger partial charge in [0.25, 0.3) is 5.91 Å². The van der Waals surface area contributed by atoms with Gasteiger partial charge in [0.1, 0.15) is 5.75 Å². The van der Waals surface area contributed by atoms with Crippen molar-refractivity contribution in [2.45, 2.75) is 20.8 Å². The number of aromatic nitrogens is 1. The molecule has 0 aliphatic heterocycles. The minimum atomic E-state index is -0.164. The molecule has 6 heteroatoms. The molecule has 0 aliphatic carbocycles. The number of carbonyl (C=O) groups excluding carboxylic acids is 1. The minimum Gasteiger partial charge on any atom is -0.483 e. The molecule has 4 aromatic rings. The van der Waals surface area contributed by atoms with Crippen molar-refractivity contribution in [3.63, 3.8) is 0 Å². The van der Waals surface area contributed by atoms with Gasteiger partial charge in [0.15, 0.2) is 6.61 Å². The zero-order valence-electron chi connectivity index (χ0n) is 14.8. The first-order valence-electron chi connectivity index (χ1n) is 8.29. The predicted molar refractivity (Wildman–Crippen MR) is 110 cm³/mol. The number of nitrogens with one attached hydrogen (secondary N) is 1. The van der Waals surface area contributed by atoms with Crippen molar-refractivity contribution < 1.29 is 9.53 Å². The van der Waals surface area contributed by atoms with Crippen LogP contribution in [0.2, 0.25) is 0 Å². The predicted octanol–water partition coefficient (Wildman–Crippen LogP) is 5.45. The Kier molecular flexibility index (Phi) is 4.38. The fraction of sp³-hybridized carbons (Fsp3) is 0.200. The molecule has 4 nitrogen and oxygen atoms in total. The number of ether oxygens (including phenoxy) is 1. The van der Waals surface area contributed by atoms with E-state index < -0.39 is 0 Å². The number of fused-ring (bicyclic) bond motifs is 3. The lowest BCUT2D eigenvalue weighted by atomic mass is 10.1. The highest BCUT2D eigenvalue weighted by Crippen LogP contribution is 2.38. The molecule has 0 saturated carbocycles. The lowest BCUT2D eigenvalue weighted by Gasteiger charge is -2.11. The molecule has 0 bridgehead atoms. The van der Waals surface area contributed by atoms with Crippen molar-refractivity contribution in [3.05, 3.63) is 51.8 Å². The standard InChI is InChI=1S/C20H18N2O2S2/c1-11-5-4-6-15(12(11)2)22-18(23)10-24-16-9-17-19(21-13(3)26-17)20-14(16)7-8-25-20/h4-9H,10H2,1-3H3,(H,22,23). The van der Waals surface area contributed by atoms with Gasteiger partial charge in [-0.05, 0) is 49.4 Å². The summed E-state index contributed by atoms with van der Waals surface area (Å²) in [4.78, 5) is 17.0. The molecule has 4 rings (SSSR count). The van der Waals surface area contributed by atoms with Crippen LogP contribution in [-0.4, -0.2) is 17.5 Å². The molecule has 2 aromatic carbocycles. The second-order valence-electron chi connectivity index (χ2n) is 6.20. The second-order valence-corrected chi connectivity index (χ2v) is 8.35. The molecule has 1 amide bonds. The van der Waals surface area contributed by atoms with Crippen LogP contribution in [0.3, 0.4) is 0 Å². The Labute approximate surface area is 159 Å². The average Bonchev–Trinajstić information content (AvgIpc) is 3.22. The van der Waals surface area contributed by atoms with Crippen LogP contribution in [-0.2, 0) is 4.79 Å². The Bertz CT molecular complexity index is 1130. The van der Waals surface area contributed by atoms with Crippen molar-refractivity contribution in [2.75, 3.05) is 11.9 Å². The maximum Gasteiger partial charge on any atom is 0.262 e. The van der Waals surface area contributed by atoms with Gasteiger partial charge in [-0.2, -0.15) is 0 Å². The van der Waals surface area contributed by atoms with Crippen molar-refractivity contribution >= 4 is 54.6 Å². The number of hydrogen-bond donors (Lipinski definition) is 1. The Hall–Kier alpha value is -2.44. The minimum absolute atomic E-state index is 0.0262. The SMILES string of the molecule is Cc1nc2c(cc(OCC(=O)Nc3cccc(C)c3C)c3ccsc32)s1. The van der Waals surface area contributed by atoms with Crippen molar-refractivity contribution in [2.24, 2.45) is 0 Å². The largest absolute Gasteiger partial charge is 0.483 e. The highest BCUT2D eigenvalue weighted by Gasteiger charge is 2.14. The summed E-state index contributed by atoms with van der Waals surface area (Å²) in [5.41, 5.74) is 4.06. The van der Waals surface area contributed by atoms with Gasteiger partial charge in [-0.15, -0.1) is 22.7 Å². The number of nitrogens with zero attached hydrogens (tertiary/aromatic N) is 1. The van der Waals surface area contributed by atoms with Crippen LogP contribution in [0.25, 0.3) is 20.3 Å². The monoisotopic (exact) mass is 382 g/mol. The number of thiazole rings is 1. The summed E-state index contributed by atoms with van der Waals surface area (Å²) >= 11 is 3.29.